The van der Waals surface area contributed by atoms with E-state index in [-0.39, 0.29) is 18.9 Å². The van der Waals surface area contributed by atoms with Crippen LogP contribution in [-0.2, 0) is 22.2 Å². The maximum absolute atomic E-state index is 13.5. The second-order valence-electron chi connectivity index (χ2n) is 9.15. The molecule has 2 heterocycles. The van der Waals surface area contributed by atoms with Crippen molar-refractivity contribution in [1.29, 1.82) is 0 Å². The number of carbonyl (C=O) groups is 1. The Labute approximate surface area is 230 Å². The Bertz CT molecular complexity index is 841. The van der Waals surface area contributed by atoms with Gasteiger partial charge in [0.05, 0.1) is 7.18 Å². The number of alkyl halides is 5. The molecule has 0 radical (unpaired) electrons. The van der Waals surface area contributed by atoms with Gasteiger partial charge in [-0.25, -0.2) is 18.4 Å². The summed E-state index contributed by atoms with van der Waals surface area (Å²) in [4.78, 5) is 18.9. The standard InChI is InChI=1S/C22H34F4N4O3S.C2H6O.CH3F/c1-4-30(34(33)21(20(31)28-32)10-13-29(3)14-11-21)12-9-16(2)18-7-5-17(15-27-18)6-8-19(23)22(24,25)26;1-2-3;1-2/h5,7,15-16,19,32H,4,6,8-14H2,1-3H3,(H,28,31);3H,2H2,1H3;1H3. The number of likely N-dealkylation sites (tertiary alicyclic amines) is 1. The molecular formula is C25H43F5N4O4S. The minimum atomic E-state index is -4.85. The Kier molecular flexibility index (Phi) is 17.7. The summed E-state index contributed by atoms with van der Waals surface area (Å²) in [5.74, 6) is -0.673. The summed E-state index contributed by atoms with van der Waals surface area (Å²) in [7, 11) is 0.772. The molecule has 0 aliphatic carbocycles. The lowest BCUT2D eigenvalue weighted by molar-refractivity contribution is -0.181. The molecule has 1 aliphatic rings. The van der Waals surface area contributed by atoms with Gasteiger partial charge in [0.15, 0.2) is 6.17 Å². The minimum absolute atomic E-state index is 0.0377. The normalized spacial score (nSPS) is 17.7. The van der Waals surface area contributed by atoms with Gasteiger partial charge in [0.25, 0.3) is 5.91 Å². The molecule has 39 heavy (non-hydrogen) atoms. The van der Waals surface area contributed by atoms with Crippen LogP contribution in [0.1, 0.15) is 63.6 Å². The molecule has 0 bridgehead atoms. The minimum Gasteiger partial charge on any atom is -0.397 e. The van der Waals surface area contributed by atoms with Crippen molar-refractivity contribution in [3.63, 3.8) is 0 Å². The zero-order valence-corrected chi connectivity index (χ0v) is 24.1. The van der Waals surface area contributed by atoms with E-state index in [9.17, 15) is 36.2 Å². The molecule has 3 N–H and O–H groups in total. The highest BCUT2D eigenvalue weighted by atomic mass is 32.2. The number of piperidine rings is 1. The number of carbonyl (C=O) groups excluding carboxylic acids is 1. The van der Waals surface area contributed by atoms with Gasteiger partial charge in [-0.15, -0.1) is 0 Å². The molecule has 1 aromatic rings. The number of hydrogen-bond acceptors (Lipinski definition) is 6. The molecule has 3 unspecified atom stereocenters. The largest absolute Gasteiger partial charge is 0.419 e. The Balaban J connectivity index is 0.00000269. The van der Waals surface area contributed by atoms with Gasteiger partial charge in [-0.3, -0.25) is 19.4 Å². The summed E-state index contributed by atoms with van der Waals surface area (Å²) in [6.07, 6.45) is -5.62. The van der Waals surface area contributed by atoms with Gasteiger partial charge in [0.1, 0.15) is 15.7 Å². The predicted molar refractivity (Wildman–Crippen MR) is 141 cm³/mol. The SMILES string of the molecule is CCN(CCC(C)c1ccc(CCC(F)C(F)(F)F)cn1)S(=O)C1(C(=O)NO)CCN(C)CC1.CCO.CF. The number of halogens is 5. The first kappa shape index (κ1) is 37.3. The lowest BCUT2D eigenvalue weighted by Gasteiger charge is -2.40. The van der Waals surface area contributed by atoms with E-state index in [0.717, 1.165) is 5.69 Å². The van der Waals surface area contributed by atoms with Crippen LogP contribution in [0.25, 0.3) is 0 Å². The summed E-state index contributed by atoms with van der Waals surface area (Å²) < 4.78 is 73.6. The van der Waals surface area contributed by atoms with Crippen molar-refractivity contribution >= 4 is 16.9 Å². The lowest BCUT2D eigenvalue weighted by Crippen LogP contribution is -2.58. The van der Waals surface area contributed by atoms with Crippen molar-refractivity contribution in [3.8, 4) is 0 Å². The molecule has 1 aromatic heterocycles. The molecule has 8 nitrogen and oxygen atoms in total. The molecular weight excluding hydrogens is 547 g/mol. The highest BCUT2D eigenvalue weighted by Crippen LogP contribution is 2.31. The first-order valence-corrected chi connectivity index (χ1v) is 13.9. The molecule has 1 amide bonds. The van der Waals surface area contributed by atoms with Crippen molar-refractivity contribution in [2.24, 2.45) is 0 Å². The predicted octanol–water partition coefficient (Wildman–Crippen LogP) is 3.95. The third-order valence-corrected chi connectivity index (χ3v) is 8.61. The summed E-state index contributed by atoms with van der Waals surface area (Å²) >= 11 is 0. The number of nitrogens with one attached hydrogen (secondary N) is 1. The van der Waals surface area contributed by atoms with Crippen molar-refractivity contribution < 1.29 is 41.3 Å². The molecule has 0 aromatic carbocycles. The number of hydrogen-bond donors (Lipinski definition) is 3. The van der Waals surface area contributed by atoms with Gasteiger partial charge in [-0.1, -0.05) is 19.9 Å². The lowest BCUT2D eigenvalue weighted by atomic mass is 9.95. The molecule has 0 saturated carbocycles. The molecule has 228 valence electrons. The van der Waals surface area contributed by atoms with Crippen LogP contribution in [0.4, 0.5) is 22.0 Å². The molecule has 1 aliphatic heterocycles. The maximum Gasteiger partial charge on any atom is 0.419 e. The molecule has 3 atom stereocenters. The van der Waals surface area contributed by atoms with Crippen LogP contribution in [0, 0.1) is 0 Å². The molecule has 2 rings (SSSR count). The highest BCUT2D eigenvalue weighted by Gasteiger charge is 2.48. The van der Waals surface area contributed by atoms with Crippen LogP contribution in [-0.4, -0.2) is 98.7 Å². The van der Waals surface area contributed by atoms with Crippen LogP contribution < -0.4 is 5.48 Å². The number of aliphatic hydroxyl groups excluding tert-OH is 1. The fourth-order valence-electron chi connectivity index (χ4n) is 3.99. The molecule has 0 spiro atoms. The third kappa shape index (κ3) is 11.7. The van der Waals surface area contributed by atoms with Crippen LogP contribution in [0.15, 0.2) is 18.3 Å². The van der Waals surface area contributed by atoms with Crippen molar-refractivity contribution in [2.45, 2.75) is 75.9 Å². The third-order valence-electron chi connectivity index (χ3n) is 6.44. The van der Waals surface area contributed by atoms with Gasteiger partial charge in [0.2, 0.25) is 0 Å². The fourth-order valence-corrected chi connectivity index (χ4v) is 5.72. The maximum atomic E-state index is 13.5. The number of amides is 1. The monoisotopic (exact) mass is 590 g/mol. The van der Waals surface area contributed by atoms with E-state index in [1.165, 1.54) is 6.20 Å². The zero-order valence-electron chi connectivity index (χ0n) is 23.3. The number of hydroxylamine groups is 1. The van der Waals surface area contributed by atoms with Gasteiger partial charge in [0, 0.05) is 31.6 Å². The molecule has 14 heteroatoms. The summed E-state index contributed by atoms with van der Waals surface area (Å²) in [5, 5.41) is 16.8. The van der Waals surface area contributed by atoms with Crippen molar-refractivity contribution in [1.82, 2.24) is 19.7 Å². The number of aryl methyl sites for hydroxylation is 1. The molecule has 1 fully saturated rings. The fraction of sp³-hybridized carbons (Fsp3) is 0.760. The van der Waals surface area contributed by atoms with Crippen molar-refractivity contribution in [3.05, 3.63) is 29.6 Å². The van der Waals surface area contributed by atoms with Crippen LogP contribution in [0.2, 0.25) is 0 Å². The van der Waals surface area contributed by atoms with Crippen LogP contribution >= 0.6 is 0 Å². The van der Waals surface area contributed by atoms with Gasteiger partial charge in [-0.05, 0) is 76.7 Å². The average Bonchev–Trinajstić information content (AvgIpc) is 2.93. The Morgan fingerprint density at radius 1 is 1.23 bits per heavy atom. The number of aromatic nitrogens is 1. The van der Waals surface area contributed by atoms with Crippen LogP contribution in [0.3, 0.4) is 0 Å². The zero-order chi connectivity index (χ0) is 30.2. The van der Waals surface area contributed by atoms with Crippen molar-refractivity contribution in [2.75, 3.05) is 47.0 Å². The first-order chi connectivity index (χ1) is 18.4. The van der Waals surface area contributed by atoms with E-state index in [1.54, 1.807) is 28.8 Å². The number of nitrogens with zero attached hydrogens (tertiary/aromatic N) is 3. The highest BCUT2D eigenvalue weighted by molar-refractivity contribution is 7.85. The van der Waals surface area contributed by atoms with Gasteiger partial charge < -0.3 is 10.0 Å². The first-order valence-electron chi connectivity index (χ1n) is 12.8. The van der Waals surface area contributed by atoms with Crippen LogP contribution in [0.5, 0.6) is 0 Å². The number of rotatable bonds is 11. The second-order valence-corrected chi connectivity index (χ2v) is 11.0. The Morgan fingerprint density at radius 2 is 1.79 bits per heavy atom. The topological polar surface area (TPSA) is 106 Å². The second kappa shape index (κ2) is 18.6. The van der Waals surface area contributed by atoms with E-state index in [2.05, 4.69) is 4.98 Å². The average molecular weight is 591 g/mol. The quantitative estimate of drug-likeness (QED) is 0.205. The van der Waals surface area contributed by atoms with E-state index < -0.39 is 40.4 Å². The summed E-state index contributed by atoms with van der Waals surface area (Å²) in [5.41, 5.74) is 2.95. The van der Waals surface area contributed by atoms with Gasteiger partial charge >= 0.3 is 6.18 Å². The van der Waals surface area contributed by atoms with E-state index in [1.807, 2.05) is 25.8 Å². The Morgan fingerprint density at radius 3 is 2.23 bits per heavy atom. The smallest absolute Gasteiger partial charge is 0.397 e. The molecule has 1 saturated heterocycles. The van der Waals surface area contributed by atoms with Gasteiger partial charge in [-0.2, -0.15) is 13.2 Å². The van der Waals surface area contributed by atoms with E-state index in [0.29, 0.717) is 58.2 Å². The Hall–Kier alpha value is -1.74. The number of aliphatic hydroxyl groups is 1. The summed E-state index contributed by atoms with van der Waals surface area (Å²) in [6.45, 7) is 7.79. The van der Waals surface area contributed by atoms with E-state index in [4.69, 9.17) is 5.11 Å². The van der Waals surface area contributed by atoms with E-state index >= 15 is 0 Å². The summed E-state index contributed by atoms with van der Waals surface area (Å²) in [6, 6.07) is 3.36. The number of pyridine rings is 1.